The van der Waals surface area contributed by atoms with Crippen LogP contribution in [-0.4, -0.2) is 111 Å². The van der Waals surface area contributed by atoms with E-state index in [0.717, 1.165) is 10.5 Å². The van der Waals surface area contributed by atoms with Crippen molar-refractivity contribution < 1.29 is 71.7 Å². The number of fused-ring (bicyclic) bond motifs is 5. The Morgan fingerprint density at radius 3 is 2.25 bits per heavy atom. The molecular weight excluding hydrogens is 1150 g/mol. The van der Waals surface area contributed by atoms with Gasteiger partial charge in [-0.2, -0.15) is 0 Å². The molecule has 8 amide bonds. The molecule has 25 heteroatoms. The summed E-state index contributed by atoms with van der Waals surface area (Å²) in [4.78, 5) is 147. The van der Waals surface area contributed by atoms with Gasteiger partial charge in [0.15, 0.2) is 12.2 Å². The molecule has 4 aliphatic rings. The number of aliphatic hydroxyl groups is 1. The summed E-state index contributed by atoms with van der Waals surface area (Å²) in [6.45, 7) is 1.41. The van der Waals surface area contributed by atoms with E-state index in [9.17, 15) is 57.8 Å². The number of carbonyl (C=O) groups excluding carboxylic acids is 10. The van der Waals surface area contributed by atoms with Crippen LogP contribution in [0.5, 0.6) is 0 Å². The van der Waals surface area contributed by atoms with Crippen LogP contribution in [-0.2, 0) is 90.8 Å². The maximum absolute atomic E-state index is 15.5. The third-order valence-electron chi connectivity index (χ3n) is 16.0. The first kappa shape index (κ1) is 61.7. The molecule has 0 spiro atoms. The number of unbranched alkanes of at least 4 members (excludes halogenated alkanes) is 2. The molecule has 0 saturated heterocycles. The summed E-state index contributed by atoms with van der Waals surface area (Å²) in [5.74, 6) is -5.94. The van der Waals surface area contributed by atoms with Crippen LogP contribution in [0, 0.1) is 12.7 Å². The number of cyclic esters (lactones) is 1. The lowest BCUT2D eigenvalue weighted by molar-refractivity contribution is -0.172. The van der Waals surface area contributed by atoms with E-state index in [1.165, 1.54) is 47.1 Å². The number of halogens is 1. The third-order valence-corrected chi connectivity index (χ3v) is 16.0. The molecule has 0 unspecified atom stereocenters. The van der Waals surface area contributed by atoms with Gasteiger partial charge in [0.2, 0.25) is 17.7 Å². The number of imide groups is 1. The monoisotopic (exact) mass is 1220 g/mol. The van der Waals surface area contributed by atoms with Gasteiger partial charge in [-0.05, 0) is 109 Å². The molecule has 4 aromatic carbocycles. The van der Waals surface area contributed by atoms with Crippen LogP contribution in [0.4, 0.5) is 20.6 Å². The van der Waals surface area contributed by atoms with Crippen LogP contribution in [0.1, 0.15) is 106 Å². The smallest absolute Gasteiger partial charge is 0.411 e. The summed E-state index contributed by atoms with van der Waals surface area (Å²) in [6, 6.07) is 22.4. The van der Waals surface area contributed by atoms with Crippen molar-refractivity contribution in [1.82, 2.24) is 35.7 Å². The fourth-order valence-corrected chi connectivity index (χ4v) is 11.3. The van der Waals surface area contributed by atoms with Gasteiger partial charge < -0.3 is 50.5 Å². The number of amides is 8. The zero-order valence-electron chi connectivity index (χ0n) is 48.5. The number of anilines is 2. The topological polar surface area (TPSA) is 329 Å². The zero-order valence-corrected chi connectivity index (χ0v) is 48.5. The minimum absolute atomic E-state index is 0.0311. The molecule has 460 valence electrons. The number of hydrogen-bond donors (Lipinski definition) is 7. The predicted octanol–water partition coefficient (Wildman–Crippen LogP) is 4.62. The number of nitrogens with zero attached hydrogens (tertiary/aromatic N) is 3. The second kappa shape index (κ2) is 26.7. The quantitative estimate of drug-likeness (QED) is 0.0199. The number of nitrogens with one attached hydrogen (secondary N) is 6. The van der Waals surface area contributed by atoms with Crippen LogP contribution < -0.4 is 37.5 Å². The van der Waals surface area contributed by atoms with Crippen LogP contribution >= 0.6 is 0 Å². The van der Waals surface area contributed by atoms with E-state index in [4.69, 9.17) is 19.2 Å². The number of ether oxygens (including phenoxy) is 3. The molecule has 5 heterocycles. The fraction of sp³-hybridized carbons (Fsp3) is 0.312. The van der Waals surface area contributed by atoms with E-state index in [1.54, 1.807) is 74.5 Å². The van der Waals surface area contributed by atoms with Crippen molar-refractivity contribution >= 4 is 81.7 Å². The molecule has 1 aliphatic carbocycles. The molecule has 3 atom stereocenters. The standard InChI is InChI=1S/C64H62FN9O15/c1-3-64(86)44-27-49-58-42(31-74(49)61(83)43(44)33-88-62(64)84)57-46(22-21-41-35(2)45(65)28-47(71-58)56(41)57)72-59(81)38-15-19-40(20-16-38)69-63(85)89-32-37-13-17-39(18-14-37)68-51(76)29-67-60(82)48(26-36-10-6-4-7-11-36)70-52(77)34-87-55(80)30-66-50(75)12-8-5-9-25-73-53(78)23-24-54(73)79/h4,6-7,10-11,13-20,23-24,27-28,46,48,86H,3,5,8-9,12,21-22,25-26,29-34H2,1-2H3,(H,66,75)(H,67,82)(H,68,76)(H,69,85)(H,70,77)(H,72,81)/t46-,48-,64-/m0/s1. The van der Waals surface area contributed by atoms with Crippen molar-refractivity contribution in [3.05, 3.63) is 169 Å². The number of benzene rings is 4. The molecule has 6 aromatic rings. The van der Waals surface area contributed by atoms with E-state index < -0.39 is 96.3 Å². The summed E-state index contributed by atoms with van der Waals surface area (Å²) in [5, 5.41) is 28.0. The SMILES string of the molecule is CC[C@@]1(O)C(=O)OCc2c1cc1n(c2=O)Cc2c-1nc1cc(F)c(C)c3c1c2[C@@H](NC(=O)c1ccc(NC(=O)OCc2ccc(NC(=O)CNC(=O)[C@H](Cc4ccccc4)NC(=O)COC(=O)CNC(=O)CCCCCN4C(=O)C=CC4=O)cc2)cc1)CC3. The lowest BCUT2D eigenvalue weighted by atomic mass is 9.81. The molecule has 0 saturated carbocycles. The molecule has 0 bridgehead atoms. The Morgan fingerprint density at radius 1 is 0.798 bits per heavy atom. The van der Waals surface area contributed by atoms with Crippen molar-refractivity contribution in [2.75, 3.05) is 36.9 Å². The van der Waals surface area contributed by atoms with E-state index >= 15 is 4.39 Å². The van der Waals surface area contributed by atoms with Gasteiger partial charge in [-0.3, -0.25) is 53.4 Å². The Hall–Kier alpha value is -10.4. The normalized spacial score (nSPS) is 16.3. The fourth-order valence-electron chi connectivity index (χ4n) is 11.3. The predicted molar refractivity (Wildman–Crippen MR) is 316 cm³/mol. The molecule has 10 rings (SSSR count). The largest absolute Gasteiger partial charge is 0.458 e. The van der Waals surface area contributed by atoms with Gasteiger partial charge in [0.05, 0.1) is 41.6 Å². The first-order chi connectivity index (χ1) is 42.8. The number of rotatable bonds is 23. The molecule has 0 radical (unpaired) electrons. The first-order valence-electron chi connectivity index (χ1n) is 28.9. The number of aryl methyl sites for hydroxylation is 1. The highest BCUT2D eigenvalue weighted by Gasteiger charge is 2.46. The average molecular weight is 1220 g/mol. The van der Waals surface area contributed by atoms with E-state index in [1.807, 2.05) is 0 Å². The lowest BCUT2D eigenvalue weighted by Gasteiger charge is -2.31. The zero-order chi connectivity index (χ0) is 63.1. The summed E-state index contributed by atoms with van der Waals surface area (Å²) in [6.07, 6.45) is 4.02. The van der Waals surface area contributed by atoms with Crippen molar-refractivity contribution in [3.63, 3.8) is 0 Å². The summed E-state index contributed by atoms with van der Waals surface area (Å²) >= 11 is 0. The Morgan fingerprint density at radius 2 is 1.52 bits per heavy atom. The number of carbonyl (C=O) groups is 10. The molecule has 89 heavy (non-hydrogen) atoms. The van der Waals surface area contributed by atoms with Crippen molar-refractivity contribution in [1.29, 1.82) is 0 Å². The van der Waals surface area contributed by atoms with Crippen molar-refractivity contribution in [2.24, 2.45) is 0 Å². The summed E-state index contributed by atoms with van der Waals surface area (Å²) in [7, 11) is 0. The van der Waals surface area contributed by atoms with E-state index in [0.29, 0.717) is 93.6 Å². The van der Waals surface area contributed by atoms with Gasteiger partial charge in [0, 0.05) is 71.1 Å². The minimum atomic E-state index is -2.05. The molecule has 2 aromatic heterocycles. The Balaban J connectivity index is 0.672. The second-order valence-electron chi connectivity index (χ2n) is 21.8. The second-order valence-corrected chi connectivity index (χ2v) is 21.8. The maximum Gasteiger partial charge on any atom is 0.411 e. The lowest BCUT2D eigenvalue weighted by Crippen LogP contribution is -2.50. The highest BCUT2D eigenvalue weighted by atomic mass is 19.1. The Kier molecular flexibility index (Phi) is 18.5. The van der Waals surface area contributed by atoms with Crippen molar-refractivity contribution in [2.45, 2.75) is 103 Å². The van der Waals surface area contributed by atoms with E-state index in [-0.39, 0.29) is 74.1 Å². The highest BCUT2D eigenvalue weighted by molar-refractivity contribution is 6.13. The van der Waals surface area contributed by atoms with Gasteiger partial charge in [-0.15, -0.1) is 0 Å². The molecule has 0 fully saturated rings. The maximum atomic E-state index is 15.5. The Bertz CT molecular complexity index is 3950. The molecule has 24 nitrogen and oxygen atoms in total. The first-order valence-corrected chi connectivity index (χ1v) is 28.9. The van der Waals surface area contributed by atoms with Crippen molar-refractivity contribution in [3.8, 4) is 11.4 Å². The third kappa shape index (κ3) is 13.7. The minimum Gasteiger partial charge on any atom is -0.458 e. The van der Waals surface area contributed by atoms with Crippen LogP contribution in [0.15, 0.2) is 108 Å². The number of hydrogen-bond acceptors (Lipinski definition) is 16. The van der Waals surface area contributed by atoms with Gasteiger partial charge in [-0.25, -0.2) is 19.0 Å². The van der Waals surface area contributed by atoms with Gasteiger partial charge >= 0.3 is 18.0 Å². The Labute approximate surface area is 507 Å². The highest BCUT2D eigenvalue weighted by Crippen LogP contribution is 2.46. The average Bonchev–Trinajstić information content (AvgIpc) is 1.63. The molecular formula is C64H62FN9O15. The summed E-state index contributed by atoms with van der Waals surface area (Å²) < 4.78 is 32.6. The van der Waals surface area contributed by atoms with Crippen LogP contribution in [0.25, 0.3) is 22.3 Å². The number of pyridine rings is 2. The molecule has 7 N–H and O–H groups in total. The summed E-state index contributed by atoms with van der Waals surface area (Å²) in [5.41, 5.74) is 3.60. The number of esters is 2. The number of aromatic nitrogens is 2. The van der Waals surface area contributed by atoms with Gasteiger partial charge in [-0.1, -0.05) is 55.8 Å². The van der Waals surface area contributed by atoms with Gasteiger partial charge in [0.1, 0.15) is 31.6 Å². The van der Waals surface area contributed by atoms with Gasteiger partial charge in [0.25, 0.3) is 29.2 Å². The van der Waals surface area contributed by atoms with Crippen LogP contribution in [0.2, 0.25) is 0 Å². The van der Waals surface area contributed by atoms with E-state index in [2.05, 4.69) is 31.9 Å². The van der Waals surface area contributed by atoms with Crippen LogP contribution in [0.3, 0.4) is 0 Å². The molecule has 3 aliphatic heterocycles.